The predicted molar refractivity (Wildman–Crippen MR) is 57.3 cm³/mol. The molecule has 1 aromatic rings. The summed E-state index contributed by atoms with van der Waals surface area (Å²) < 4.78 is 0. The minimum absolute atomic E-state index is 0.144. The monoisotopic (exact) mass is 190 g/mol. The molecule has 2 aliphatic rings. The van der Waals surface area contributed by atoms with E-state index in [1.165, 1.54) is 42.5 Å². The van der Waals surface area contributed by atoms with Crippen LogP contribution in [0.2, 0.25) is 0 Å². The molecule has 0 spiro atoms. The van der Waals surface area contributed by atoms with Crippen molar-refractivity contribution in [2.24, 2.45) is 5.73 Å². The lowest BCUT2D eigenvalue weighted by atomic mass is 9.84. The van der Waals surface area contributed by atoms with Crippen LogP contribution in [0.5, 0.6) is 0 Å². The van der Waals surface area contributed by atoms with E-state index < -0.39 is 0 Å². The molecule has 2 nitrogen and oxygen atoms in total. The number of nitrogens with one attached hydrogen (secondary N) is 1. The zero-order valence-electron chi connectivity index (χ0n) is 8.98. The average Bonchev–Trinajstić information content (AvgIpc) is 3.01. The van der Waals surface area contributed by atoms with Gasteiger partial charge < -0.3 is 10.7 Å². The number of nitrogens with two attached hydrogens (primary N) is 1. The number of hydrogen-bond donors (Lipinski definition) is 2. The van der Waals surface area contributed by atoms with Gasteiger partial charge in [0.25, 0.3) is 0 Å². The lowest BCUT2D eigenvalue weighted by Gasteiger charge is -2.24. The summed E-state index contributed by atoms with van der Waals surface area (Å²) in [6, 6.07) is 0. The topological polar surface area (TPSA) is 41.8 Å². The van der Waals surface area contributed by atoms with Gasteiger partial charge in [-0.3, -0.25) is 0 Å². The van der Waals surface area contributed by atoms with Gasteiger partial charge in [-0.2, -0.15) is 0 Å². The summed E-state index contributed by atoms with van der Waals surface area (Å²) in [5, 5.41) is 0. The van der Waals surface area contributed by atoms with Crippen molar-refractivity contribution in [3.8, 4) is 0 Å². The molecule has 2 saturated carbocycles. The van der Waals surface area contributed by atoms with Gasteiger partial charge in [-0.25, -0.2) is 0 Å². The first kappa shape index (κ1) is 8.54. The van der Waals surface area contributed by atoms with Gasteiger partial charge in [0.1, 0.15) is 0 Å². The van der Waals surface area contributed by atoms with Gasteiger partial charge in [0.05, 0.1) is 0 Å². The van der Waals surface area contributed by atoms with Crippen molar-refractivity contribution in [1.82, 2.24) is 4.98 Å². The summed E-state index contributed by atoms with van der Waals surface area (Å²) in [5.41, 5.74) is 11.1. The van der Waals surface area contributed by atoms with Crippen molar-refractivity contribution >= 4 is 0 Å². The van der Waals surface area contributed by atoms with E-state index in [1.54, 1.807) is 0 Å². The van der Waals surface area contributed by atoms with Gasteiger partial charge in [0.2, 0.25) is 0 Å². The molecular formula is C12H18N2. The van der Waals surface area contributed by atoms with Gasteiger partial charge >= 0.3 is 0 Å². The van der Waals surface area contributed by atoms with E-state index in [0.29, 0.717) is 5.41 Å². The first-order valence-corrected chi connectivity index (χ1v) is 5.53. The van der Waals surface area contributed by atoms with Crippen LogP contribution in [0.4, 0.5) is 0 Å². The fourth-order valence-electron chi connectivity index (χ4n) is 3.13. The maximum absolute atomic E-state index is 6.40. The molecule has 0 aliphatic heterocycles. The molecule has 3 rings (SSSR count). The van der Waals surface area contributed by atoms with Crippen molar-refractivity contribution < 1.29 is 0 Å². The van der Waals surface area contributed by atoms with E-state index in [1.807, 2.05) is 0 Å². The Balaban J connectivity index is 2.10. The standard InChI is InChI=1S/C12H18N2/c1-8-7-14-9(2)10(8)11(3-4-11)12(13)5-6-12/h7,14H,3-6,13H2,1-2H3. The van der Waals surface area contributed by atoms with Crippen LogP contribution in [0.3, 0.4) is 0 Å². The molecule has 2 fully saturated rings. The molecule has 76 valence electrons. The van der Waals surface area contributed by atoms with E-state index in [-0.39, 0.29) is 5.54 Å². The number of rotatable bonds is 2. The zero-order chi connectivity index (χ0) is 9.97. The fourth-order valence-corrected chi connectivity index (χ4v) is 3.13. The number of aromatic nitrogens is 1. The fraction of sp³-hybridized carbons (Fsp3) is 0.667. The Labute approximate surface area is 84.9 Å². The van der Waals surface area contributed by atoms with Crippen molar-refractivity contribution in [2.75, 3.05) is 0 Å². The van der Waals surface area contributed by atoms with Gasteiger partial charge in [0.15, 0.2) is 0 Å². The molecule has 1 aromatic heterocycles. The van der Waals surface area contributed by atoms with Crippen LogP contribution >= 0.6 is 0 Å². The molecular weight excluding hydrogens is 172 g/mol. The molecule has 0 amide bonds. The minimum atomic E-state index is 0.144. The summed E-state index contributed by atoms with van der Waals surface area (Å²) in [4.78, 5) is 3.33. The van der Waals surface area contributed by atoms with E-state index in [4.69, 9.17) is 5.73 Å². The highest BCUT2D eigenvalue weighted by Crippen LogP contribution is 2.64. The Hall–Kier alpha value is -0.760. The highest BCUT2D eigenvalue weighted by Gasteiger charge is 2.65. The summed E-state index contributed by atoms with van der Waals surface area (Å²) >= 11 is 0. The Morgan fingerprint density at radius 1 is 1.21 bits per heavy atom. The third-order valence-corrected chi connectivity index (χ3v) is 4.24. The summed E-state index contributed by atoms with van der Waals surface area (Å²) in [5.74, 6) is 0. The summed E-state index contributed by atoms with van der Waals surface area (Å²) in [6.07, 6.45) is 7.15. The van der Waals surface area contributed by atoms with E-state index in [0.717, 1.165) is 0 Å². The predicted octanol–water partition coefficient (Wildman–Crippen LogP) is 2.15. The molecule has 0 bridgehead atoms. The van der Waals surface area contributed by atoms with Crippen LogP contribution < -0.4 is 5.73 Å². The molecule has 0 unspecified atom stereocenters. The Kier molecular flexibility index (Phi) is 1.37. The van der Waals surface area contributed by atoms with Crippen molar-refractivity contribution in [3.63, 3.8) is 0 Å². The number of aryl methyl sites for hydroxylation is 2. The first-order chi connectivity index (χ1) is 6.59. The van der Waals surface area contributed by atoms with E-state index >= 15 is 0 Å². The number of H-pyrrole nitrogens is 1. The number of aromatic amines is 1. The molecule has 0 radical (unpaired) electrons. The van der Waals surface area contributed by atoms with Crippen molar-refractivity contribution in [2.45, 2.75) is 50.5 Å². The Morgan fingerprint density at radius 2 is 1.86 bits per heavy atom. The number of hydrogen-bond acceptors (Lipinski definition) is 1. The van der Waals surface area contributed by atoms with Gasteiger partial charge in [-0.15, -0.1) is 0 Å². The second-order valence-corrected chi connectivity index (χ2v) is 5.21. The summed E-state index contributed by atoms with van der Waals surface area (Å²) in [7, 11) is 0. The summed E-state index contributed by atoms with van der Waals surface area (Å²) in [6.45, 7) is 4.37. The van der Waals surface area contributed by atoms with Gasteiger partial charge in [-0.05, 0) is 50.7 Å². The van der Waals surface area contributed by atoms with Crippen LogP contribution in [-0.2, 0) is 5.41 Å². The molecule has 1 heterocycles. The minimum Gasteiger partial charge on any atom is -0.365 e. The second-order valence-electron chi connectivity index (χ2n) is 5.21. The van der Waals surface area contributed by atoms with Crippen molar-refractivity contribution in [3.05, 3.63) is 23.0 Å². The SMILES string of the molecule is Cc1c[nH]c(C)c1C1(C2(N)CC2)CC1. The maximum Gasteiger partial charge on any atom is 0.0254 e. The first-order valence-electron chi connectivity index (χ1n) is 5.53. The van der Waals surface area contributed by atoms with Gasteiger partial charge in [-0.1, -0.05) is 0 Å². The van der Waals surface area contributed by atoms with Crippen LogP contribution in [-0.4, -0.2) is 10.5 Å². The molecule has 0 atom stereocenters. The van der Waals surface area contributed by atoms with Gasteiger partial charge in [0, 0.05) is 22.8 Å². The highest BCUT2D eigenvalue weighted by molar-refractivity contribution is 5.47. The van der Waals surface area contributed by atoms with Crippen LogP contribution in [0.1, 0.15) is 42.5 Å². The van der Waals surface area contributed by atoms with E-state index in [9.17, 15) is 0 Å². The third kappa shape index (κ3) is 0.850. The molecule has 2 aliphatic carbocycles. The van der Waals surface area contributed by atoms with Crippen LogP contribution in [0, 0.1) is 13.8 Å². The lowest BCUT2D eigenvalue weighted by Crippen LogP contribution is -2.37. The Morgan fingerprint density at radius 3 is 2.21 bits per heavy atom. The lowest BCUT2D eigenvalue weighted by molar-refractivity contribution is 0.499. The van der Waals surface area contributed by atoms with E-state index in [2.05, 4.69) is 25.0 Å². The molecule has 2 heteroatoms. The molecule has 3 N–H and O–H groups in total. The quantitative estimate of drug-likeness (QED) is 0.737. The Bertz CT molecular complexity index is 362. The van der Waals surface area contributed by atoms with Crippen LogP contribution in [0.15, 0.2) is 6.20 Å². The molecule has 0 saturated heterocycles. The largest absolute Gasteiger partial charge is 0.365 e. The molecule has 14 heavy (non-hydrogen) atoms. The van der Waals surface area contributed by atoms with Crippen LogP contribution in [0.25, 0.3) is 0 Å². The second kappa shape index (κ2) is 2.25. The average molecular weight is 190 g/mol. The highest BCUT2D eigenvalue weighted by atomic mass is 14.9. The maximum atomic E-state index is 6.40. The smallest absolute Gasteiger partial charge is 0.0254 e. The van der Waals surface area contributed by atoms with Crippen molar-refractivity contribution in [1.29, 1.82) is 0 Å². The third-order valence-electron chi connectivity index (χ3n) is 4.24. The molecule has 0 aromatic carbocycles. The normalized spacial score (nSPS) is 26.2. The zero-order valence-corrected chi connectivity index (χ0v) is 8.98.